The monoisotopic (exact) mass is 446 g/mol. The van der Waals surface area contributed by atoms with Crippen LogP contribution in [0.3, 0.4) is 0 Å². The molecule has 0 spiro atoms. The number of anilines is 1. The number of nitrogens with zero attached hydrogens (tertiary/aromatic N) is 1. The molecule has 0 aliphatic carbocycles. The largest absolute Gasteiger partial charge is 0.494 e. The molecule has 0 aliphatic rings. The SMILES string of the molecule is CCOc1cccc(-c2cc(C(=O)Nc3sc(C)cc3C(=O)OC)c3ccccc3n2)c1. The third-order valence-electron chi connectivity index (χ3n) is 4.89. The number of para-hydroxylation sites is 1. The zero-order valence-corrected chi connectivity index (χ0v) is 18.8. The molecular weight excluding hydrogens is 424 g/mol. The number of aryl methyl sites for hydroxylation is 1. The first-order valence-corrected chi connectivity index (χ1v) is 10.9. The van der Waals surface area contributed by atoms with Gasteiger partial charge in [0.15, 0.2) is 0 Å². The van der Waals surface area contributed by atoms with Crippen LogP contribution in [0.25, 0.3) is 22.2 Å². The highest BCUT2D eigenvalue weighted by molar-refractivity contribution is 7.16. The minimum atomic E-state index is -0.488. The maximum absolute atomic E-state index is 13.3. The average Bonchev–Trinajstić information content (AvgIpc) is 3.18. The Morgan fingerprint density at radius 3 is 2.62 bits per heavy atom. The van der Waals surface area contributed by atoms with E-state index < -0.39 is 5.97 Å². The van der Waals surface area contributed by atoms with Crippen molar-refractivity contribution in [2.24, 2.45) is 0 Å². The van der Waals surface area contributed by atoms with Crippen molar-refractivity contribution in [1.29, 1.82) is 0 Å². The van der Waals surface area contributed by atoms with E-state index in [1.54, 1.807) is 12.1 Å². The van der Waals surface area contributed by atoms with E-state index >= 15 is 0 Å². The molecule has 2 heterocycles. The van der Waals surface area contributed by atoms with Crippen LogP contribution in [0.1, 0.15) is 32.5 Å². The van der Waals surface area contributed by atoms with Crippen LogP contribution in [-0.2, 0) is 4.74 Å². The zero-order valence-electron chi connectivity index (χ0n) is 18.0. The second-order valence-corrected chi connectivity index (χ2v) is 8.33. The van der Waals surface area contributed by atoms with Crippen molar-refractivity contribution in [3.8, 4) is 17.0 Å². The molecule has 0 aliphatic heterocycles. The highest BCUT2D eigenvalue weighted by Gasteiger charge is 2.20. The van der Waals surface area contributed by atoms with Crippen LogP contribution in [0, 0.1) is 6.92 Å². The molecule has 0 unspecified atom stereocenters. The Balaban J connectivity index is 1.78. The summed E-state index contributed by atoms with van der Waals surface area (Å²) in [5, 5.41) is 4.07. The smallest absolute Gasteiger partial charge is 0.340 e. The van der Waals surface area contributed by atoms with E-state index in [0.717, 1.165) is 21.6 Å². The molecule has 0 saturated heterocycles. The number of hydrogen-bond acceptors (Lipinski definition) is 6. The lowest BCUT2D eigenvalue weighted by atomic mass is 10.0. The van der Waals surface area contributed by atoms with Gasteiger partial charge in [-0.25, -0.2) is 9.78 Å². The van der Waals surface area contributed by atoms with Gasteiger partial charge in [-0.15, -0.1) is 11.3 Å². The van der Waals surface area contributed by atoms with Crippen molar-refractivity contribution in [2.45, 2.75) is 13.8 Å². The van der Waals surface area contributed by atoms with Crippen LogP contribution in [0.4, 0.5) is 5.00 Å². The molecule has 2 aromatic carbocycles. The predicted molar refractivity (Wildman–Crippen MR) is 127 cm³/mol. The normalized spacial score (nSPS) is 10.7. The lowest BCUT2D eigenvalue weighted by Crippen LogP contribution is -2.14. The van der Waals surface area contributed by atoms with Gasteiger partial charge < -0.3 is 14.8 Å². The number of benzene rings is 2. The number of thiophene rings is 1. The zero-order chi connectivity index (χ0) is 22.7. The van der Waals surface area contributed by atoms with Crippen molar-refractivity contribution >= 4 is 39.1 Å². The number of esters is 1. The average molecular weight is 447 g/mol. The summed E-state index contributed by atoms with van der Waals surface area (Å²) in [5.74, 6) is -0.0711. The fraction of sp³-hybridized carbons (Fsp3) is 0.160. The number of methoxy groups -OCH3 is 1. The van der Waals surface area contributed by atoms with Gasteiger partial charge in [0, 0.05) is 15.8 Å². The second kappa shape index (κ2) is 9.20. The fourth-order valence-corrected chi connectivity index (χ4v) is 4.36. The number of rotatable bonds is 6. The van der Waals surface area contributed by atoms with Gasteiger partial charge in [-0.2, -0.15) is 0 Å². The highest BCUT2D eigenvalue weighted by Crippen LogP contribution is 2.31. The van der Waals surface area contributed by atoms with Crippen molar-refractivity contribution < 1.29 is 19.1 Å². The maximum atomic E-state index is 13.3. The van der Waals surface area contributed by atoms with Gasteiger partial charge in [-0.3, -0.25) is 4.79 Å². The topological polar surface area (TPSA) is 77.5 Å². The summed E-state index contributed by atoms with van der Waals surface area (Å²) in [6, 6.07) is 18.6. The lowest BCUT2D eigenvalue weighted by Gasteiger charge is -2.11. The van der Waals surface area contributed by atoms with E-state index in [4.69, 9.17) is 14.5 Å². The molecule has 1 amide bonds. The highest BCUT2D eigenvalue weighted by atomic mass is 32.1. The molecule has 0 saturated carbocycles. The summed E-state index contributed by atoms with van der Waals surface area (Å²) in [4.78, 5) is 31.1. The predicted octanol–water partition coefficient (Wildman–Crippen LogP) is 5.71. The molecule has 0 radical (unpaired) electrons. The van der Waals surface area contributed by atoms with Crippen molar-refractivity contribution in [3.63, 3.8) is 0 Å². The fourth-order valence-electron chi connectivity index (χ4n) is 3.46. The van der Waals surface area contributed by atoms with E-state index in [2.05, 4.69) is 5.32 Å². The summed E-state index contributed by atoms with van der Waals surface area (Å²) < 4.78 is 10.5. The first kappa shape index (κ1) is 21.5. The number of ether oxygens (including phenoxy) is 2. The quantitative estimate of drug-likeness (QED) is 0.384. The molecule has 4 rings (SSSR count). The Kier molecular flexibility index (Phi) is 6.18. The Morgan fingerprint density at radius 2 is 1.84 bits per heavy atom. The number of hydrogen-bond donors (Lipinski definition) is 1. The molecule has 7 heteroatoms. The Morgan fingerprint density at radius 1 is 1.03 bits per heavy atom. The molecule has 0 bridgehead atoms. The maximum Gasteiger partial charge on any atom is 0.340 e. The molecule has 6 nitrogen and oxygen atoms in total. The van der Waals surface area contributed by atoms with Gasteiger partial charge in [0.1, 0.15) is 10.8 Å². The summed E-state index contributed by atoms with van der Waals surface area (Å²) in [5.41, 5.74) is 3.01. The van der Waals surface area contributed by atoms with Crippen LogP contribution < -0.4 is 10.1 Å². The van der Waals surface area contributed by atoms with E-state index in [-0.39, 0.29) is 5.91 Å². The summed E-state index contributed by atoms with van der Waals surface area (Å²) in [6.45, 7) is 4.36. The number of nitrogens with one attached hydrogen (secondary N) is 1. The van der Waals surface area contributed by atoms with Crippen LogP contribution in [-0.4, -0.2) is 30.6 Å². The minimum absolute atomic E-state index is 0.321. The van der Waals surface area contributed by atoms with E-state index in [0.29, 0.717) is 33.9 Å². The van der Waals surface area contributed by atoms with Crippen LogP contribution in [0.15, 0.2) is 60.7 Å². The van der Waals surface area contributed by atoms with Gasteiger partial charge in [0.2, 0.25) is 0 Å². The number of aromatic nitrogens is 1. The number of fused-ring (bicyclic) bond motifs is 1. The number of carbonyl (C=O) groups excluding carboxylic acids is 2. The molecule has 1 N–H and O–H groups in total. The molecule has 0 fully saturated rings. The standard InChI is InChI=1S/C25H22N2O4S/c1-4-31-17-9-7-8-16(13-17)22-14-19(18-10-5-6-11-21(18)26-22)23(28)27-24-20(25(29)30-3)12-15(2)32-24/h5-14H,4H2,1-3H3,(H,27,28). The van der Waals surface area contributed by atoms with Gasteiger partial charge >= 0.3 is 5.97 Å². The van der Waals surface area contributed by atoms with Crippen LogP contribution >= 0.6 is 11.3 Å². The van der Waals surface area contributed by atoms with Gasteiger partial charge in [0.25, 0.3) is 5.91 Å². The first-order valence-electron chi connectivity index (χ1n) is 10.1. The first-order chi connectivity index (χ1) is 15.5. The molecule has 0 atom stereocenters. The molecule has 162 valence electrons. The molecular formula is C25H22N2O4S. The molecule has 4 aromatic rings. The number of amides is 1. The Hall–Kier alpha value is -3.71. The van der Waals surface area contributed by atoms with Crippen LogP contribution in [0.5, 0.6) is 5.75 Å². The van der Waals surface area contributed by atoms with E-state index in [9.17, 15) is 9.59 Å². The summed E-state index contributed by atoms with van der Waals surface area (Å²) >= 11 is 1.33. The minimum Gasteiger partial charge on any atom is -0.494 e. The van der Waals surface area contributed by atoms with E-state index in [1.807, 2.05) is 62.4 Å². The van der Waals surface area contributed by atoms with Gasteiger partial charge in [0.05, 0.1) is 36.1 Å². The summed E-state index contributed by atoms with van der Waals surface area (Å²) in [7, 11) is 1.32. The Bertz CT molecular complexity index is 1310. The summed E-state index contributed by atoms with van der Waals surface area (Å²) in [6.07, 6.45) is 0. The second-order valence-electron chi connectivity index (χ2n) is 7.08. The molecule has 32 heavy (non-hydrogen) atoms. The van der Waals surface area contributed by atoms with Gasteiger partial charge in [-0.1, -0.05) is 30.3 Å². The van der Waals surface area contributed by atoms with Crippen molar-refractivity contribution in [1.82, 2.24) is 4.98 Å². The lowest BCUT2D eigenvalue weighted by molar-refractivity contribution is 0.0602. The number of carbonyl (C=O) groups is 2. The molecule has 2 aromatic heterocycles. The Labute approximate surface area is 189 Å². The van der Waals surface area contributed by atoms with E-state index in [1.165, 1.54) is 18.4 Å². The third kappa shape index (κ3) is 4.33. The van der Waals surface area contributed by atoms with Crippen LogP contribution in [0.2, 0.25) is 0 Å². The third-order valence-corrected chi connectivity index (χ3v) is 5.86. The van der Waals surface area contributed by atoms with Crippen molar-refractivity contribution in [3.05, 3.63) is 76.7 Å². The number of pyridine rings is 1. The van der Waals surface area contributed by atoms with Crippen molar-refractivity contribution in [2.75, 3.05) is 19.0 Å². The van der Waals surface area contributed by atoms with Gasteiger partial charge in [-0.05, 0) is 44.2 Å².